The van der Waals surface area contributed by atoms with Gasteiger partial charge in [0.2, 0.25) is 5.88 Å². The smallest absolute Gasteiger partial charge is 0.344 e. The van der Waals surface area contributed by atoms with Gasteiger partial charge in [0, 0.05) is 31.7 Å². The Morgan fingerprint density at radius 1 is 1.25 bits per heavy atom. The molecule has 196 valence electrons. The number of piperazine rings is 1. The number of hydrogen-bond acceptors (Lipinski definition) is 7. The van der Waals surface area contributed by atoms with Crippen LogP contribution in [-0.2, 0) is 6.61 Å². The number of carboxylic acids is 1. The maximum absolute atomic E-state index is 14.0. The molecule has 2 aromatic rings. The number of anilines is 1. The fourth-order valence-electron chi connectivity index (χ4n) is 4.54. The zero-order chi connectivity index (χ0) is 26.0. The van der Waals surface area contributed by atoms with Crippen LogP contribution in [0.4, 0.5) is 23.0 Å². The lowest BCUT2D eigenvalue weighted by Gasteiger charge is -2.31. The van der Waals surface area contributed by atoms with E-state index in [-0.39, 0.29) is 5.00 Å². The molecule has 1 aromatic heterocycles. The number of carbonyl (C=O) groups is 2. The Morgan fingerprint density at radius 2 is 2.03 bits per heavy atom. The number of urea groups is 1. The first kappa shape index (κ1) is 26.5. The Hall–Kier alpha value is -2.61. The summed E-state index contributed by atoms with van der Waals surface area (Å²) < 4.78 is 50.5. The van der Waals surface area contributed by atoms with Crippen molar-refractivity contribution in [1.82, 2.24) is 19.5 Å². The maximum atomic E-state index is 14.0. The molecule has 0 aliphatic carbocycles. The van der Waals surface area contributed by atoms with Crippen molar-refractivity contribution in [2.24, 2.45) is 0 Å². The molecule has 2 bridgehead atoms. The Morgan fingerprint density at radius 3 is 2.69 bits per heavy atom. The molecule has 0 saturated carbocycles. The van der Waals surface area contributed by atoms with Crippen LogP contribution in [0.3, 0.4) is 0 Å². The van der Waals surface area contributed by atoms with Crippen LogP contribution in [0.5, 0.6) is 5.88 Å². The molecular weight excluding hydrogens is 523 g/mol. The van der Waals surface area contributed by atoms with Gasteiger partial charge in [-0.2, -0.15) is 4.37 Å². The van der Waals surface area contributed by atoms with E-state index in [1.165, 1.54) is 6.42 Å². The molecule has 1 aromatic carbocycles. The molecule has 14 heteroatoms. The molecule has 0 spiro atoms. The molecule has 2 aliphatic heterocycles. The molecule has 36 heavy (non-hydrogen) atoms. The molecule has 2 saturated heterocycles. The van der Waals surface area contributed by atoms with Crippen LogP contribution >= 0.6 is 23.1 Å². The van der Waals surface area contributed by atoms with Crippen molar-refractivity contribution in [3.05, 3.63) is 39.7 Å². The number of likely N-dealkylation sites (N-methyl/N-ethyl adjacent to an activating group) is 1. The van der Waals surface area contributed by atoms with Gasteiger partial charge in [-0.3, -0.25) is 10.2 Å². The highest BCUT2D eigenvalue weighted by Gasteiger charge is 2.40. The minimum Gasteiger partial charge on any atom is -0.477 e. The number of likely N-dealkylation sites (tertiary alicyclic amines) is 2. The number of halogens is 4. The second-order valence-electron chi connectivity index (χ2n) is 8.80. The third kappa shape index (κ3) is 5.69. The van der Waals surface area contributed by atoms with Gasteiger partial charge in [-0.25, -0.2) is 22.8 Å². The minimum absolute atomic E-state index is 0.115. The van der Waals surface area contributed by atoms with Gasteiger partial charge < -0.3 is 20.1 Å². The number of nitrogens with zero attached hydrogens (tertiary/aromatic N) is 3. The Balaban J connectivity index is 1.26. The topological polar surface area (TPSA) is 107 Å². The number of fused-ring (bicyclic) bond motifs is 2. The van der Waals surface area contributed by atoms with E-state index in [9.17, 15) is 27.9 Å². The van der Waals surface area contributed by atoms with Crippen molar-refractivity contribution < 1.29 is 32.6 Å². The number of aromatic nitrogens is 1. The average Bonchev–Trinajstić information content (AvgIpc) is 3.51. The number of amides is 2. The van der Waals surface area contributed by atoms with Crippen LogP contribution in [0.25, 0.3) is 0 Å². The van der Waals surface area contributed by atoms with Crippen molar-refractivity contribution in [3.63, 3.8) is 0 Å². The van der Waals surface area contributed by atoms with E-state index < -0.39 is 58.1 Å². The van der Waals surface area contributed by atoms with Crippen molar-refractivity contribution in [1.29, 1.82) is 0 Å². The number of carboxylic acid groups (broad SMARTS) is 1. The normalized spacial score (nSPS) is 19.6. The molecule has 2 atom stereocenters. The minimum atomic E-state index is -1.55. The highest BCUT2D eigenvalue weighted by Crippen LogP contribution is 2.32. The second-order valence-corrected chi connectivity index (χ2v) is 9.98. The summed E-state index contributed by atoms with van der Waals surface area (Å²) in [6.07, 6.45) is 2.89. The molecule has 9 nitrogen and oxygen atoms in total. The van der Waals surface area contributed by atoms with Crippen LogP contribution in [-0.4, -0.2) is 76.6 Å². The molecule has 2 fully saturated rings. The molecule has 0 radical (unpaired) electrons. The molecule has 2 unspecified atom stereocenters. The predicted molar refractivity (Wildman–Crippen MR) is 127 cm³/mol. The zero-order valence-electron chi connectivity index (χ0n) is 19.3. The highest BCUT2D eigenvalue weighted by molar-refractivity contribution is 7.11. The van der Waals surface area contributed by atoms with Crippen LogP contribution in [0.2, 0.25) is 5.02 Å². The number of rotatable bonds is 10. The van der Waals surface area contributed by atoms with Crippen LogP contribution in [0.1, 0.15) is 35.2 Å². The molecular formula is C22H25ClF3N5O4S. The first-order valence-corrected chi connectivity index (χ1v) is 12.5. The summed E-state index contributed by atoms with van der Waals surface area (Å²) in [6.45, 7) is 2.71. The third-order valence-corrected chi connectivity index (χ3v) is 7.47. The van der Waals surface area contributed by atoms with E-state index in [1.807, 2.05) is 0 Å². The SMILES string of the molecule is CN1CC2CC1CN2CCCCNC(=O)Nc1snc(OCc2c(F)cc(Cl)c(F)c2F)c1C(=O)O. The quantitative estimate of drug-likeness (QED) is 0.236. The van der Waals surface area contributed by atoms with Gasteiger partial charge in [-0.05, 0) is 50.5 Å². The van der Waals surface area contributed by atoms with Crippen molar-refractivity contribution >= 4 is 40.1 Å². The monoisotopic (exact) mass is 547 g/mol. The number of hydrogen-bond donors (Lipinski definition) is 3. The molecule has 3 N–H and O–H groups in total. The summed E-state index contributed by atoms with van der Waals surface area (Å²) in [5, 5.41) is 13.8. The van der Waals surface area contributed by atoms with E-state index in [1.54, 1.807) is 0 Å². The number of unbranched alkanes of at least 4 members (excludes halogenated alkanes) is 1. The summed E-state index contributed by atoms with van der Waals surface area (Å²) in [4.78, 5) is 28.8. The average molecular weight is 548 g/mol. The standard InChI is InChI=1S/C22H25ClF3N5O4S/c1-30-8-12-6-11(30)9-31(12)5-3-2-4-27-22(34)28-20-16(21(32)33)19(29-36-20)35-10-13-15(24)7-14(23)18(26)17(13)25/h7,11-12H,2-6,8-10H2,1H3,(H,32,33)(H2,27,28,34). The third-order valence-electron chi connectivity index (χ3n) is 6.45. The fraction of sp³-hybridized carbons (Fsp3) is 0.500. The van der Waals surface area contributed by atoms with Crippen LogP contribution < -0.4 is 15.4 Å². The first-order chi connectivity index (χ1) is 17.2. The number of benzene rings is 1. The Bertz CT molecular complexity index is 1150. The molecule has 4 rings (SSSR count). The lowest BCUT2D eigenvalue weighted by Crippen LogP contribution is -2.44. The van der Waals surface area contributed by atoms with Gasteiger partial charge in [0.25, 0.3) is 0 Å². The zero-order valence-corrected chi connectivity index (χ0v) is 20.9. The van der Waals surface area contributed by atoms with Gasteiger partial charge in [0.1, 0.15) is 17.4 Å². The summed E-state index contributed by atoms with van der Waals surface area (Å²) in [6, 6.07) is 1.22. The van der Waals surface area contributed by atoms with Crippen LogP contribution in [0.15, 0.2) is 6.07 Å². The maximum Gasteiger partial charge on any atom is 0.344 e. The number of nitrogens with one attached hydrogen (secondary N) is 2. The number of aromatic carboxylic acids is 1. The van der Waals surface area contributed by atoms with Gasteiger partial charge >= 0.3 is 12.0 Å². The predicted octanol–water partition coefficient (Wildman–Crippen LogP) is 3.78. The van der Waals surface area contributed by atoms with Crippen LogP contribution in [0, 0.1) is 17.5 Å². The van der Waals surface area contributed by atoms with Crippen molar-refractivity contribution in [2.45, 2.75) is 38.0 Å². The molecule has 2 aliphatic rings. The summed E-state index contributed by atoms with van der Waals surface area (Å²) in [5.74, 6) is -6.10. The molecule has 3 heterocycles. The molecule has 2 amide bonds. The second kappa shape index (κ2) is 11.2. The van der Waals surface area contributed by atoms with E-state index in [0.717, 1.165) is 32.5 Å². The summed E-state index contributed by atoms with van der Waals surface area (Å²) in [5.41, 5.74) is -1.26. The Kier molecular flexibility index (Phi) is 8.23. The van der Waals surface area contributed by atoms with E-state index in [4.69, 9.17) is 16.3 Å². The number of ether oxygens (including phenoxy) is 1. The number of carbonyl (C=O) groups excluding carboxylic acids is 1. The summed E-state index contributed by atoms with van der Waals surface area (Å²) >= 11 is 6.02. The van der Waals surface area contributed by atoms with Gasteiger partial charge in [0.15, 0.2) is 17.2 Å². The van der Waals surface area contributed by atoms with Gasteiger partial charge in [-0.15, -0.1) is 0 Å². The highest BCUT2D eigenvalue weighted by atomic mass is 35.5. The largest absolute Gasteiger partial charge is 0.477 e. The van der Waals surface area contributed by atoms with Gasteiger partial charge in [-0.1, -0.05) is 11.6 Å². The van der Waals surface area contributed by atoms with E-state index in [0.29, 0.717) is 36.2 Å². The van der Waals surface area contributed by atoms with E-state index >= 15 is 0 Å². The summed E-state index contributed by atoms with van der Waals surface area (Å²) in [7, 11) is 2.15. The Labute approximate surface area is 214 Å². The van der Waals surface area contributed by atoms with Crippen molar-refractivity contribution in [2.75, 3.05) is 38.5 Å². The van der Waals surface area contributed by atoms with Crippen molar-refractivity contribution in [3.8, 4) is 5.88 Å². The first-order valence-electron chi connectivity index (χ1n) is 11.3. The van der Waals surface area contributed by atoms with Gasteiger partial charge in [0.05, 0.1) is 10.6 Å². The lowest BCUT2D eigenvalue weighted by atomic mass is 10.2. The fourth-order valence-corrected chi connectivity index (χ4v) is 5.44. The van der Waals surface area contributed by atoms with E-state index in [2.05, 4.69) is 31.9 Å². The lowest BCUT2D eigenvalue weighted by molar-refractivity contribution is 0.0693.